The van der Waals surface area contributed by atoms with Crippen molar-refractivity contribution in [3.8, 4) is 5.88 Å². The first-order valence-corrected chi connectivity index (χ1v) is 13.4. The fourth-order valence-electron chi connectivity index (χ4n) is 5.13. The number of ether oxygens (including phenoxy) is 3. The molecule has 2 amide bonds. The summed E-state index contributed by atoms with van der Waals surface area (Å²) < 4.78 is 16.8. The number of fused-ring (bicyclic) bond motifs is 2. The van der Waals surface area contributed by atoms with Crippen molar-refractivity contribution in [2.45, 2.75) is 23.1 Å². The fraction of sp³-hybridized carbons (Fsp3) is 0.385. The Morgan fingerprint density at radius 1 is 1.16 bits per heavy atom. The molecule has 0 aliphatic carbocycles. The number of rotatable bonds is 7. The second-order valence-corrected chi connectivity index (χ2v) is 10.4. The third-order valence-electron chi connectivity index (χ3n) is 7.05. The minimum Gasteiger partial charge on any atom is -0.481 e. The summed E-state index contributed by atoms with van der Waals surface area (Å²) in [6.07, 6.45) is 1.01. The van der Waals surface area contributed by atoms with E-state index >= 15 is 0 Å². The number of nitrogens with zero attached hydrogens (tertiary/aromatic N) is 4. The number of hydrogen-bond acceptors (Lipinski definition) is 10. The van der Waals surface area contributed by atoms with Crippen molar-refractivity contribution in [1.82, 2.24) is 15.3 Å². The van der Waals surface area contributed by atoms with Crippen molar-refractivity contribution in [3.05, 3.63) is 42.6 Å². The molecule has 3 aromatic rings. The zero-order valence-electron chi connectivity index (χ0n) is 21.0. The van der Waals surface area contributed by atoms with Gasteiger partial charge >= 0.3 is 6.09 Å². The lowest BCUT2D eigenvalue weighted by molar-refractivity contribution is -0.113. The Labute approximate surface area is 223 Å². The number of cyclic esters (lactones) is 1. The SMILES string of the molecule is COc1ccc2nccc(N3C[C@H](NC[C@@H]4CN(c5ccc6c(c5)NC(=O)CS6)C(=O)O4)[C@@H](OC)C3)c2n1. The normalized spacial score (nSPS) is 22.9. The summed E-state index contributed by atoms with van der Waals surface area (Å²) in [6.45, 7) is 2.28. The molecule has 38 heavy (non-hydrogen) atoms. The van der Waals surface area contributed by atoms with Crippen LogP contribution in [0.15, 0.2) is 47.5 Å². The lowest BCUT2D eigenvalue weighted by Crippen LogP contribution is -2.44. The number of anilines is 3. The van der Waals surface area contributed by atoms with Crippen LogP contribution in [0.4, 0.5) is 21.9 Å². The molecular weight excluding hydrogens is 508 g/mol. The maximum absolute atomic E-state index is 12.7. The van der Waals surface area contributed by atoms with Crippen LogP contribution in [0.5, 0.6) is 5.88 Å². The van der Waals surface area contributed by atoms with E-state index in [0.717, 1.165) is 27.3 Å². The van der Waals surface area contributed by atoms with Crippen molar-refractivity contribution >= 4 is 51.9 Å². The number of pyridine rings is 2. The summed E-state index contributed by atoms with van der Waals surface area (Å²) in [6, 6.07) is 11.3. The Hall–Kier alpha value is -3.61. The van der Waals surface area contributed by atoms with Gasteiger partial charge < -0.3 is 29.7 Å². The Bertz CT molecular complexity index is 1390. The van der Waals surface area contributed by atoms with E-state index in [1.165, 1.54) is 11.8 Å². The minimum absolute atomic E-state index is 0.0255. The molecule has 198 valence electrons. The molecule has 11 nitrogen and oxygen atoms in total. The maximum atomic E-state index is 12.7. The topological polar surface area (TPSA) is 118 Å². The van der Waals surface area contributed by atoms with Gasteiger partial charge in [0.25, 0.3) is 0 Å². The molecule has 2 N–H and O–H groups in total. The minimum atomic E-state index is -0.397. The van der Waals surface area contributed by atoms with Gasteiger partial charge in [-0.3, -0.25) is 14.7 Å². The molecule has 5 heterocycles. The highest BCUT2D eigenvalue weighted by atomic mass is 32.2. The van der Waals surface area contributed by atoms with E-state index in [9.17, 15) is 9.59 Å². The standard InChI is InChI=1S/C26H28N6O5S/c1-35-21-13-31(20-7-8-27-17-4-6-24(36-2)30-25(17)20)12-19(21)28-10-16-11-32(26(34)37-16)15-3-5-22-18(9-15)29-23(33)14-38-22/h3-9,16,19,21,28H,10-14H2,1-2H3,(H,29,33)/t16-,19+,21+/m1/s1. The van der Waals surface area contributed by atoms with Crippen molar-refractivity contribution < 1.29 is 23.8 Å². The number of aromatic nitrogens is 2. The van der Waals surface area contributed by atoms with Gasteiger partial charge in [0.2, 0.25) is 11.8 Å². The third-order valence-corrected chi connectivity index (χ3v) is 8.12. The average Bonchev–Trinajstić information content (AvgIpc) is 3.53. The zero-order valence-corrected chi connectivity index (χ0v) is 21.9. The zero-order chi connectivity index (χ0) is 26.2. The van der Waals surface area contributed by atoms with E-state index < -0.39 is 6.09 Å². The Morgan fingerprint density at radius 2 is 2.05 bits per heavy atom. The van der Waals surface area contributed by atoms with Gasteiger partial charge in [0.05, 0.1) is 48.4 Å². The highest BCUT2D eigenvalue weighted by Gasteiger charge is 2.37. The largest absolute Gasteiger partial charge is 0.481 e. The van der Waals surface area contributed by atoms with Crippen LogP contribution in [0.3, 0.4) is 0 Å². The van der Waals surface area contributed by atoms with Crippen molar-refractivity contribution in [3.63, 3.8) is 0 Å². The van der Waals surface area contributed by atoms with Gasteiger partial charge in [0.1, 0.15) is 11.6 Å². The number of methoxy groups -OCH3 is 2. The van der Waals surface area contributed by atoms with E-state index in [0.29, 0.717) is 43.5 Å². The molecule has 6 rings (SSSR count). The van der Waals surface area contributed by atoms with Crippen LogP contribution in [0.2, 0.25) is 0 Å². The van der Waals surface area contributed by atoms with Gasteiger partial charge in [0.15, 0.2) is 0 Å². The first kappa shape index (κ1) is 24.7. The lowest BCUT2D eigenvalue weighted by atomic mass is 10.2. The van der Waals surface area contributed by atoms with Gasteiger partial charge in [-0.15, -0.1) is 11.8 Å². The Balaban J connectivity index is 1.12. The van der Waals surface area contributed by atoms with Crippen LogP contribution < -0.4 is 25.2 Å². The lowest BCUT2D eigenvalue weighted by Gasteiger charge is -2.21. The molecule has 2 aromatic heterocycles. The van der Waals surface area contributed by atoms with Crippen LogP contribution >= 0.6 is 11.8 Å². The van der Waals surface area contributed by atoms with Gasteiger partial charge in [0, 0.05) is 49.6 Å². The van der Waals surface area contributed by atoms with Crippen molar-refractivity contribution in [1.29, 1.82) is 0 Å². The van der Waals surface area contributed by atoms with Crippen LogP contribution in [0, 0.1) is 0 Å². The number of benzene rings is 1. The summed E-state index contributed by atoms with van der Waals surface area (Å²) in [7, 11) is 3.31. The van der Waals surface area contributed by atoms with Crippen LogP contribution in [0.25, 0.3) is 11.0 Å². The first-order valence-electron chi connectivity index (χ1n) is 12.4. The van der Waals surface area contributed by atoms with Gasteiger partial charge in [-0.25, -0.2) is 9.78 Å². The number of hydrogen-bond donors (Lipinski definition) is 2. The first-order chi connectivity index (χ1) is 18.5. The quantitative estimate of drug-likeness (QED) is 0.466. The number of carbonyl (C=O) groups excluding carboxylic acids is 2. The molecule has 3 atom stereocenters. The molecule has 0 saturated carbocycles. The van der Waals surface area contributed by atoms with Crippen LogP contribution in [-0.2, 0) is 14.3 Å². The summed E-state index contributed by atoms with van der Waals surface area (Å²) in [5.41, 5.74) is 3.97. The molecule has 0 bridgehead atoms. The molecular formula is C26H28N6O5S. The predicted molar refractivity (Wildman–Crippen MR) is 144 cm³/mol. The van der Waals surface area contributed by atoms with E-state index in [1.54, 1.807) is 31.4 Å². The number of carbonyl (C=O) groups is 2. The average molecular weight is 537 g/mol. The van der Waals surface area contributed by atoms with E-state index in [2.05, 4.69) is 25.5 Å². The highest BCUT2D eigenvalue weighted by Crippen LogP contribution is 2.35. The molecule has 0 radical (unpaired) electrons. The summed E-state index contributed by atoms with van der Waals surface area (Å²) in [4.78, 5) is 38.3. The smallest absolute Gasteiger partial charge is 0.414 e. The van der Waals surface area contributed by atoms with Gasteiger partial charge in [-0.2, -0.15) is 0 Å². The second kappa shape index (κ2) is 10.3. The third kappa shape index (κ3) is 4.70. The fourth-order valence-corrected chi connectivity index (χ4v) is 5.92. The number of amides is 2. The van der Waals surface area contributed by atoms with E-state index in [1.807, 2.05) is 30.3 Å². The second-order valence-electron chi connectivity index (χ2n) is 9.38. The molecule has 1 aromatic carbocycles. The van der Waals surface area contributed by atoms with Crippen LogP contribution in [-0.4, -0.2) is 86.4 Å². The predicted octanol–water partition coefficient (Wildman–Crippen LogP) is 2.50. The number of nitrogens with one attached hydrogen (secondary N) is 2. The molecule has 0 spiro atoms. The molecule has 3 aliphatic heterocycles. The van der Waals surface area contributed by atoms with Gasteiger partial charge in [-0.05, 0) is 30.3 Å². The van der Waals surface area contributed by atoms with Crippen molar-refractivity contribution in [2.75, 3.05) is 61.3 Å². The van der Waals surface area contributed by atoms with E-state index in [-0.39, 0.29) is 24.2 Å². The Morgan fingerprint density at radius 3 is 2.89 bits per heavy atom. The van der Waals surface area contributed by atoms with Gasteiger partial charge in [-0.1, -0.05) is 0 Å². The number of thioether (sulfide) groups is 1. The molecule has 0 unspecified atom stereocenters. The summed E-state index contributed by atoms with van der Waals surface area (Å²) in [5.74, 6) is 0.893. The highest BCUT2D eigenvalue weighted by molar-refractivity contribution is 8.00. The molecule has 3 aliphatic rings. The van der Waals surface area contributed by atoms with Crippen molar-refractivity contribution in [2.24, 2.45) is 0 Å². The molecule has 2 saturated heterocycles. The van der Waals surface area contributed by atoms with E-state index in [4.69, 9.17) is 14.2 Å². The monoisotopic (exact) mass is 536 g/mol. The summed E-state index contributed by atoms with van der Waals surface area (Å²) in [5, 5.41) is 6.43. The molecule has 2 fully saturated rings. The summed E-state index contributed by atoms with van der Waals surface area (Å²) >= 11 is 1.49. The maximum Gasteiger partial charge on any atom is 0.414 e. The Kier molecular flexibility index (Phi) is 6.68. The van der Waals surface area contributed by atoms with Crippen LogP contribution in [0.1, 0.15) is 0 Å². The molecule has 12 heteroatoms.